The molecule has 0 bridgehead atoms. The van der Waals surface area contributed by atoms with Gasteiger partial charge in [0.15, 0.2) is 0 Å². The fraction of sp³-hybridized carbons (Fsp3) is 0.300. The van der Waals surface area contributed by atoms with E-state index in [9.17, 15) is 13.6 Å². The zero-order valence-electron chi connectivity index (χ0n) is 8.27. The number of carbonyl (C=O) groups is 1. The smallest absolute Gasteiger partial charge is 0.338 e. The minimum absolute atomic E-state index is 0.0949. The van der Waals surface area contributed by atoms with Gasteiger partial charge in [0.05, 0.1) is 5.56 Å². The lowest BCUT2D eigenvalue weighted by molar-refractivity contribution is 0.0691. The van der Waals surface area contributed by atoms with E-state index < -0.39 is 23.2 Å². The summed E-state index contributed by atoms with van der Waals surface area (Å²) in [4.78, 5) is 10.3. The van der Waals surface area contributed by atoms with Gasteiger partial charge in [-0.1, -0.05) is 13.8 Å². The van der Waals surface area contributed by atoms with E-state index in [0.717, 1.165) is 6.07 Å². The molecule has 1 N–H and O–H groups in total. The van der Waals surface area contributed by atoms with Gasteiger partial charge < -0.3 is 5.11 Å². The maximum atomic E-state index is 12.7. The largest absolute Gasteiger partial charge is 0.478 e. The van der Waals surface area contributed by atoms with Crippen molar-refractivity contribution in [3.63, 3.8) is 0 Å². The Balaban J connectivity index is 0.000000791. The molecule has 0 aliphatic carbocycles. The molecule has 0 spiro atoms. The number of carboxylic acid groups (broad SMARTS) is 1. The van der Waals surface area contributed by atoms with Crippen molar-refractivity contribution in [3.8, 4) is 0 Å². The molecule has 0 aromatic heterocycles. The number of hydrogen-bond donors (Lipinski definition) is 1. The van der Waals surface area contributed by atoms with Crippen LogP contribution in [0.1, 0.15) is 29.8 Å². The molecule has 1 aromatic carbocycles. The van der Waals surface area contributed by atoms with Gasteiger partial charge in [-0.05, 0) is 24.6 Å². The first kappa shape index (κ1) is 12.6. The molecule has 0 fully saturated rings. The maximum Gasteiger partial charge on any atom is 0.338 e. The second kappa shape index (κ2) is 5.32. The average molecular weight is 202 g/mol. The summed E-state index contributed by atoms with van der Waals surface area (Å²) in [5.41, 5.74) is -0.546. The first-order valence-corrected chi connectivity index (χ1v) is 4.21. The van der Waals surface area contributed by atoms with E-state index in [4.69, 9.17) is 5.11 Å². The standard InChI is InChI=1S/C8H6F2O2.C2H6/c1-4-2-7(10)5(8(11)12)3-6(4)9;1-2/h2-3H,1H3,(H,11,12);1-2H3. The van der Waals surface area contributed by atoms with Gasteiger partial charge in [0, 0.05) is 0 Å². The number of hydrogen-bond acceptors (Lipinski definition) is 1. The summed E-state index contributed by atoms with van der Waals surface area (Å²) in [5, 5.41) is 8.37. The summed E-state index contributed by atoms with van der Waals surface area (Å²) in [6.45, 7) is 5.37. The Bertz CT molecular complexity index is 335. The summed E-state index contributed by atoms with van der Waals surface area (Å²) in [5.74, 6) is -3.10. The number of aryl methyl sites for hydroxylation is 1. The molecular formula is C10H12F2O2. The molecule has 0 amide bonds. The van der Waals surface area contributed by atoms with Crippen molar-refractivity contribution in [2.24, 2.45) is 0 Å². The van der Waals surface area contributed by atoms with Crippen LogP contribution in [0, 0.1) is 18.6 Å². The molecule has 0 radical (unpaired) electrons. The van der Waals surface area contributed by atoms with Crippen molar-refractivity contribution in [1.82, 2.24) is 0 Å². The van der Waals surface area contributed by atoms with Gasteiger partial charge in [-0.15, -0.1) is 0 Å². The molecule has 4 heteroatoms. The molecular weight excluding hydrogens is 190 g/mol. The van der Waals surface area contributed by atoms with E-state index in [1.54, 1.807) is 0 Å². The highest BCUT2D eigenvalue weighted by atomic mass is 19.1. The summed E-state index contributed by atoms with van der Waals surface area (Å²) >= 11 is 0. The fourth-order valence-electron chi connectivity index (χ4n) is 0.810. The quantitative estimate of drug-likeness (QED) is 0.760. The molecule has 0 saturated heterocycles. The summed E-state index contributed by atoms with van der Waals surface area (Å²) in [7, 11) is 0. The number of carboxylic acids is 1. The van der Waals surface area contributed by atoms with Crippen molar-refractivity contribution in [2.45, 2.75) is 20.8 Å². The van der Waals surface area contributed by atoms with Crippen LogP contribution >= 0.6 is 0 Å². The van der Waals surface area contributed by atoms with E-state index >= 15 is 0 Å². The Morgan fingerprint density at radius 2 is 1.71 bits per heavy atom. The third-order valence-corrected chi connectivity index (χ3v) is 1.48. The molecule has 0 saturated carbocycles. The molecule has 2 nitrogen and oxygen atoms in total. The van der Waals surface area contributed by atoms with Crippen molar-refractivity contribution in [2.75, 3.05) is 0 Å². The van der Waals surface area contributed by atoms with Gasteiger partial charge in [0.1, 0.15) is 11.6 Å². The van der Waals surface area contributed by atoms with Gasteiger partial charge in [0.2, 0.25) is 0 Å². The van der Waals surface area contributed by atoms with E-state index in [2.05, 4.69) is 0 Å². The van der Waals surface area contributed by atoms with E-state index in [1.807, 2.05) is 13.8 Å². The van der Waals surface area contributed by atoms with E-state index in [1.165, 1.54) is 6.92 Å². The summed E-state index contributed by atoms with van der Waals surface area (Å²) in [6, 6.07) is 1.53. The van der Waals surface area contributed by atoms with Crippen molar-refractivity contribution in [1.29, 1.82) is 0 Å². The molecule has 0 heterocycles. The second-order valence-corrected chi connectivity index (χ2v) is 2.39. The Morgan fingerprint density at radius 3 is 2.14 bits per heavy atom. The minimum Gasteiger partial charge on any atom is -0.478 e. The van der Waals surface area contributed by atoms with Gasteiger partial charge in [0.25, 0.3) is 0 Å². The first-order valence-electron chi connectivity index (χ1n) is 4.21. The van der Waals surface area contributed by atoms with Crippen LogP contribution in [0.5, 0.6) is 0 Å². The molecule has 14 heavy (non-hydrogen) atoms. The number of benzene rings is 1. The third kappa shape index (κ3) is 2.80. The third-order valence-electron chi connectivity index (χ3n) is 1.48. The molecule has 0 aliphatic heterocycles. The van der Waals surface area contributed by atoms with Crippen LogP contribution in [0.25, 0.3) is 0 Å². The van der Waals surface area contributed by atoms with Crippen molar-refractivity contribution >= 4 is 5.97 Å². The van der Waals surface area contributed by atoms with Crippen LogP contribution in [0.4, 0.5) is 8.78 Å². The minimum atomic E-state index is -1.47. The maximum absolute atomic E-state index is 12.7. The SMILES string of the molecule is CC.Cc1cc(F)c(C(=O)O)cc1F. The van der Waals surface area contributed by atoms with Crippen LogP contribution in [0.3, 0.4) is 0 Å². The molecule has 0 aliphatic rings. The predicted octanol–water partition coefficient (Wildman–Crippen LogP) is 3.00. The van der Waals surface area contributed by atoms with Crippen LogP contribution in [-0.4, -0.2) is 11.1 Å². The lowest BCUT2D eigenvalue weighted by Gasteiger charge is -1.99. The number of aromatic carboxylic acids is 1. The number of rotatable bonds is 1. The first-order chi connectivity index (χ1) is 6.52. The molecule has 1 aromatic rings. The lowest BCUT2D eigenvalue weighted by Crippen LogP contribution is -2.02. The Morgan fingerprint density at radius 1 is 1.21 bits per heavy atom. The average Bonchev–Trinajstić information content (AvgIpc) is 2.14. The monoisotopic (exact) mass is 202 g/mol. The molecule has 0 atom stereocenters. The van der Waals surface area contributed by atoms with Gasteiger partial charge >= 0.3 is 5.97 Å². The number of halogens is 2. The highest BCUT2D eigenvalue weighted by Crippen LogP contribution is 2.13. The molecule has 0 unspecified atom stereocenters. The zero-order valence-corrected chi connectivity index (χ0v) is 8.27. The van der Waals surface area contributed by atoms with E-state index in [0.29, 0.717) is 6.07 Å². The Kier molecular flexibility index (Phi) is 4.77. The fourth-order valence-corrected chi connectivity index (χ4v) is 0.810. The van der Waals surface area contributed by atoms with Gasteiger partial charge in [-0.25, -0.2) is 13.6 Å². The second-order valence-electron chi connectivity index (χ2n) is 2.39. The van der Waals surface area contributed by atoms with Crippen LogP contribution in [0.15, 0.2) is 12.1 Å². The van der Waals surface area contributed by atoms with Crippen molar-refractivity contribution in [3.05, 3.63) is 34.9 Å². The van der Waals surface area contributed by atoms with Crippen LogP contribution in [0.2, 0.25) is 0 Å². The van der Waals surface area contributed by atoms with Gasteiger partial charge in [-0.2, -0.15) is 0 Å². The molecule has 1 rings (SSSR count). The van der Waals surface area contributed by atoms with Crippen molar-refractivity contribution < 1.29 is 18.7 Å². The normalized spacial score (nSPS) is 8.93. The summed E-state index contributed by atoms with van der Waals surface area (Å²) < 4.78 is 25.4. The van der Waals surface area contributed by atoms with Crippen LogP contribution < -0.4 is 0 Å². The van der Waals surface area contributed by atoms with E-state index in [-0.39, 0.29) is 5.56 Å². The Labute approximate surface area is 81.2 Å². The predicted molar refractivity (Wildman–Crippen MR) is 49.4 cm³/mol. The molecule has 78 valence electrons. The highest BCUT2D eigenvalue weighted by Gasteiger charge is 2.12. The highest BCUT2D eigenvalue weighted by molar-refractivity contribution is 5.87. The Hall–Kier alpha value is -1.45. The zero-order chi connectivity index (χ0) is 11.3. The summed E-state index contributed by atoms with van der Waals surface area (Å²) in [6.07, 6.45) is 0. The van der Waals surface area contributed by atoms with Crippen LogP contribution in [-0.2, 0) is 0 Å². The van der Waals surface area contributed by atoms with Gasteiger partial charge in [-0.3, -0.25) is 0 Å². The topological polar surface area (TPSA) is 37.3 Å². The lowest BCUT2D eigenvalue weighted by atomic mass is 10.1.